The lowest BCUT2D eigenvalue weighted by Gasteiger charge is -2.40. The number of amides is 3. The number of hydrazine groups is 1. The van der Waals surface area contributed by atoms with Crippen molar-refractivity contribution in [2.75, 3.05) is 40.9 Å². The van der Waals surface area contributed by atoms with Crippen LogP contribution in [0.25, 0.3) is 33.3 Å². The molecule has 7 atom stereocenters. The number of nitrogens with zero attached hydrogens (tertiary/aromatic N) is 5. The maximum atomic E-state index is 14.6. The Morgan fingerprint density at radius 2 is 1.81 bits per heavy atom. The number of ether oxygens (including phenoxy) is 2. The fourth-order valence-corrected chi connectivity index (χ4v) is 10.3. The highest BCUT2D eigenvalue weighted by Crippen LogP contribution is 2.41. The molecular formula is C54H68N8O8. The smallest absolute Gasteiger partial charge is 0.324 e. The third kappa shape index (κ3) is 10.8. The number of phenolic OH excluding ortho intramolecular Hbond substituents is 1. The van der Waals surface area contributed by atoms with Crippen LogP contribution in [0.2, 0.25) is 0 Å². The van der Waals surface area contributed by atoms with Crippen molar-refractivity contribution in [2.45, 2.75) is 110 Å². The molecule has 16 heteroatoms. The molecule has 3 aromatic carbocycles. The average Bonchev–Trinajstić information content (AvgIpc) is 4.09. The Hall–Kier alpha value is -6.17. The number of hydrogen-bond donors (Lipinski definition) is 5. The van der Waals surface area contributed by atoms with E-state index in [1.54, 1.807) is 44.5 Å². The molecule has 3 aliphatic rings. The lowest BCUT2D eigenvalue weighted by atomic mass is 9.84. The Balaban J connectivity index is 1.13. The van der Waals surface area contributed by atoms with E-state index < -0.39 is 53.6 Å². The van der Waals surface area contributed by atoms with Gasteiger partial charge in [0.05, 0.1) is 37.5 Å². The number of likely N-dealkylation sites (N-methyl/N-ethyl adjacent to an activating group) is 2. The molecule has 0 saturated carbocycles. The number of fused-ring (bicyclic) bond motifs is 6. The summed E-state index contributed by atoms with van der Waals surface area (Å²) in [7, 11) is 4.80. The van der Waals surface area contributed by atoms with E-state index in [2.05, 4.69) is 58.5 Å². The first-order chi connectivity index (χ1) is 33.5. The monoisotopic (exact) mass is 957 g/mol. The number of phenols is 1. The molecule has 3 amide bonds. The molecule has 372 valence electrons. The van der Waals surface area contributed by atoms with E-state index in [9.17, 15) is 29.4 Å². The second-order valence-electron chi connectivity index (χ2n) is 20.3. The van der Waals surface area contributed by atoms with Crippen LogP contribution in [0.1, 0.15) is 75.8 Å². The lowest BCUT2D eigenvalue weighted by Crippen LogP contribution is -2.64. The first-order valence-electron chi connectivity index (χ1n) is 24.4. The van der Waals surface area contributed by atoms with Gasteiger partial charge < -0.3 is 39.4 Å². The van der Waals surface area contributed by atoms with E-state index in [-0.39, 0.29) is 43.2 Å². The zero-order valence-electron chi connectivity index (χ0n) is 41.6. The number of carbonyl (C=O) groups is 4. The number of benzene rings is 3. The maximum absolute atomic E-state index is 14.6. The van der Waals surface area contributed by atoms with E-state index in [1.165, 1.54) is 9.80 Å². The fraction of sp³-hybridized carbons (Fsp3) is 0.463. The van der Waals surface area contributed by atoms with Gasteiger partial charge in [-0.05, 0) is 102 Å². The molecule has 0 radical (unpaired) electrons. The zero-order valence-corrected chi connectivity index (χ0v) is 41.6. The molecule has 70 heavy (non-hydrogen) atoms. The van der Waals surface area contributed by atoms with Crippen molar-refractivity contribution in [2.24, 2.45) is 11.3 Å². The third-order valence-corrected chi connectivity index (χ3v) is 14.0. The van der Waals surface area contributed by atoms with Gasteiger partial charge in [-0.15, -0.1) is 0 Å². The summed E-state index contributed by atoms with van der Waals surface area (Å²) in [6, 6.07) is 19.8. The maximum Gasteiger partial charge on any atom is 0.324 e. The molecule has 3 aliphatic heterocycles. The van der Waals surface area contributed by atoms with Crippen LogP contribution in [0, 0.1) is 11.3 Å². The largest absolute Gasteiger partial charge is 0.508 e. The number of rotatable bonds is 12. The molecule has 5 aromatic rings. The van der Waals surface area contributed by atoms with Crippen LogP contribution in [0.5, 0.6) is 5.75 Å². The van der Waals surface area contributed by atoms with Gasteiger partial charge >= 0.3 is 5.97 Å². The van der Waals surface area contributed by atoms with Crippen LogP contribution in [-0.4, -0.2) is 130 Å². The van der Waals surface area contributed by atoms with Gasteiger partial charge in [0.2, 0.25) is 17.7 Å². The van der Waals surface area contributed by atoms with E-state index in [4.69, 9.17) is 9.47 Å². The van der Waals surface area contributed by atoms with Gasteiger partial charge in [0.1, 0.15) is 30.1 Å². The minimum Gasteiger partial charge on any atom is -0.508 e. The predicted octanol–water partition coefficient (Wildman–Crippen LogP) is 5.34. The van der Waals surface area contributed by atoms with E-state index in [1.807, 2.05) is 68.6 Å². The van der Waals surface area contributed by atoms with E-state index >= 15 is 0 Å². The molecule has 0 spiro atoms. The SMILES string of the molecule is CCn1c(-c2cnccc2COC)c2c3cc(ccc31)-c1cc(O)cc(c1)C[C@H](NC(=O)[C@H](C(C)C)N(C)C(=O)CN(C)C(=O)[C@H]1N[C@H]1c1ccccc1)C(O)N1CCC[C@H](N1)C(=O)OCC(C)(C)C2. The van der Waals surface area contributed by atoms with Crippen molar-refractivity contribution >= 4 is 34.6 Å². The Bertz CT molecular complexity index is 2720. The van der Waals surface area contributed by atoms with Crippen molar-refractivity contribution in [1.29, 1.82) is 0 Å². The Morgan fingerprint density at radius 3 is 2.54 bits per heavy atom. The number of aromatic hydroxyl groups is 1. The molecule has 16 nitrogen and oxygen atoms in total. The van der Waals surface area contributed by atoms with Crippen molar-refractivity contribution in [3.05, 3.63) is 107 Å². The van der Waals surface area contributed by atoms with Crippen LogP contribution >= 0.6 is 0 Å². The topological polar surface area (TPSA) is 201 Å². The number of carbonyl (C=O) groups excluding carboxylic acids is 4. The standard InChI is InChI=1S/C54H68N8O8/c1-9-61-44-18-17-35-26-39(44)40(49(61)41-28-55-20-19-36(41)30-69-8)27-54(4,5)31-70-53(68)42-16-13-21-62(58-42)51(66)43(24-33-22-37(35)25-38(63)23-33)56-50(65)48(32(2)3)60(7)45(64)29-59(6)52(67)47-46(57-47)34-14-11-10-12-15-34/h10-12,14-15,17-20,22-23,25-26,28,32,42-43,46-48,51,57-58,63,66H,9,13,16,21,24,27,29-31H2,1-8H3,(H,56,65)/t42-,43-,46-,47-,48-,51?/m0/s1. The molecule has 2 unspecified atom stereocenters. The van der Waals surface area contributed by atoms with Crippen LogP contribution in [-0.2, 0) is 54.6 Å². The first kappa shape index (κ1) is 50.2. The second-order valence-corrected chi connectivity index (χ2v) is 20.3. The summed E-state index contributed by atoms with van der Waals surface area (Å²) in [6.07, 6.45) is 3.94. The Morgan fingerprint density at radius 1 is 1.04 bits per heavy atom. The summed E-state index contributed by atoms with van der Waals surface area (Å²) in [5, 5.41) is 32.5. The highest BCUT2D eigenvalue weighted by molar-refractivity contribution is 5.96. The molecule has 6 bridgehead atoms. The minimum atomic E-state index is -1.36. The summed E-state index contributed by atoms with van der Waals surface area (Å²) >= 11 is 0. The van der Waals surface area contributed by atoms with Crippen molar-refractivity contribution < 1.29 is 38.9 Å². The summed E-state index contributed by atoms with van der Waals surface area (Å²) in [5.74, 6) is -1.97. The van der Waals surface area contributed by atoms with E-state index in [0.717, 1.165) is 50.0 Å². The Labute approximate surface area is 410 Å². The normalized spacial score (nSPS) is 22.7. The lowest BCUT2D eigenvalue weighted by molar-refractivity contribution is -0.157. The summed E-state index contributed by atoms with van der Waals surface area (Å²) < 4.78 is 14.1. The van der Waals surface area contributed by atoms with Gasteiger partial charge in [-0.2, -0.15) is 0 Å². The van der Waals surface area contributed by atoms with Gasteiger partial charge in [0, 0.05) is 68.6 Å². The number of pyridine rings is 1. The molecule has 5 N–H and O–H groups in total. The van der Waals surface area contributed by atoms with Crippen LogP contribution < -0.4 is 16.1 Å². The highest BCUT2D eigenvalue weighted by atomic mass is 16.5. The van der Waals surface area contributed by atoms with Crippen molar-refractivity contribution in [1.82, 2.24) is 40.4 Å². The molecule has 2 saturated heterocycles. The quantitative estimate of drug-likeness (QED) is 0.0796. The first-order valence-corrected chi connectivity index (χ1v) is 24.4. The van der Waals surface area contributed by atoms with Gasteiger partial charge in [0.25, 0.3) is 0 Å². The molecule has 5 heterocycles. The zero-order chi connectivity index (χ0) is 50.0. The van der Waals surface area contributed by atoms with Crippen LogP contribution in [0.15, 0.2) is 85.2 Å². The third-order valence-electron chi connectivity index (χ3n) is 14.0. The number of hydrogen-bond acceptors (Lipinski definition) is 12. The number of methoxy groups -OCH3 is 1. The number of aliphatic hydroxyl groups excluding tert-OH is 1. The Kier molecular flexibility index (Phi) is 15.1. The number of cyclic esters (lactones) is 1. The average molecular weight is 957 g/mol. The number of aliphatic hydroxyl groups is 1. The fourth-order valence-electron chi connectivity index (χ4n) is 10.3. The van der Waals surface area contributed by atoms with Crippen molar-refractivity contribution in [3.63, 3.8) is 0 Å². The second kappa shape index (κ2) is 21.0. The summed E-state index contributed by atoms with van der Waals surface area (Å²) in [5.41, 5.74) is 10.9. The van der Waals surface area contributed by atoms with Crippen molar-refractivity contribution in [3.8, 4) is 28.1 Å². The molecule has 0 aliphatic carbocycles. The number of aryl methyl sites for hydroxylation is 1. The van der Waals surface area contributed by atoms with Gasteiger partial charge in [-0.3, -0.25) is 29.5 Å². The summed E-state index contributed by atoms with van der Waals surface area (Å²) in [6.45, 7) is 11.3. The number of esters is 1. The van der Waals surface area contributed by atoms with Crippen LogP contribution in [0.3, 0.4) is 0 Å². The molecular weight excluding hydrogens is 889 g/mol. The molecule has 2 aromatic heterocycles. The van der Waals surface area contributed by atoms with Gasteiger partial charge in [-0.1, -0.05) is 70.2 Å². The highest BCUT2D eigenvalue weighted by Gasteiger charge is 2.45. The van der Waals surface area contributed by atoms with Gasteiger partial charge in [-0.25, -0.2) is 10.4 Å². The number of nitrogens with one attached hydrogen (secondary N) is 3. The van der Waals surface area contributed by atoms with Gasteiger partial charge in [0.15, 0.2) is 0 Å². The number of aromatic nitrogens is 2. The van der Waals surface area contributed by atoms with E-state index in [0.29, 0.717) is 44.5 Å². The minimum absolute atomic E-state index is 0.00811. The molecule has 8 rings (SSSR count). The molecule has 2 fully saturated rings. The summed E-state index contributed by atoms with van der Waals surface area (Å²) in [4.78, 5) is 63.2. The van der Waals surface area contributed by atoms with Crippen LogP contribution in [0.4, 0.5) is 0 Å². The predicted molar refractivity (Wildman–Crippen MR) is 267 cm³/mol.